The number of fused-ring (bicyclic) bond motifs is 1. The topological polar surface area (TPSA) is 51.0 Å². The minimum Gasteiger partial charge on any atom is -0.337 e. The number of nitrogens with zero attached hydrogens (tertiary/aromatic N) is 4. The third-order valence-electron chi connectivity index (χ3n) is 5.09. The first kappa shape index (κ1) is 24.3. The molecule has 0 aliphatic carbocycles. The Balaban J connectivity index is 0.00000289. The molecule has 0 bridgehead atoms. The molecule has 8 heteroatoms. The molecule has 0 aliphatic rings. The second kappa shape index (κ2) is 11.5. The molecule has 2 aromatic carbocycles. The van der Waals surface area contributed by atoms with Crippen LogP contribution in [0.2, 0.25) is 0 Å². The molecule has 0 radical (unpaired) electrons. The van der Waals surface area contributed by atoms with Crippen LogP contribution in [0.5, 0.6) is 0 Å². The van der Waals surface area contributed by atoms with Crippen LogP contribution in [0.3, 0.4) is 0 Å². The molecular weight excluding hydrogens is 460 g/mol. The summed E-state index contributed by atoms with van der Waals surface area (Å²) in [6.45, 7) is 5.65. The Bertz CT molecular complexity index is 1140. The van der Waals surface area contributed by atoms with Crippen molar-refractivity contribution in [2.45, 2.75) is 38.1 Å². The molecule has 4 rings (SSSR count). The van der Waals surface area contributed by atoms with Gasteiger partial charge in [-0.2, -0.15) is 0 Å². The number of carbonyl (C=O) groups excluding carboxylic acids is 1. The van der Waals surface area contributed by atoms with E-state index in [0.29, 0.717) is 13.0 Å². The molecular formula is C24H27ClN4OS2. The number of aryl methyl sites for hydroxylation is 2. The first-order valence-electron chi connectivity index (χ1n) is 10.5. The summed E-state index contributed by atoms with van der Waals surface area (Å²) in [6.07, 6.45) is 6.74. The Morgan fingerprint density at radius 1 is 1.19 bits per heavy atom. The lowest BCUT2D eigenvalue weighted by Gasteiger charge is -2.20. The van der Waals surface area contributed by atoms with Gasteiger partial charge in [0.05, 0.1) is 23.0 Å². The highest BCUT2D eigenvalue weighted by molar-refractivity contribution is 7.99. The summed E-state index contributed by atoms with van der Waals surface area (Å²) in [6, 6.07) is 14.5. The van der Waals surface area contributed by atoms with Crippen molar-refractivity contribution in [1.82, 2.24) is 14.5 Å². The molecule has 0 saturated carbocycles. The molecule has 2 heterocycles. The maximum atomic E-state index is 13.3. The van der Waals surface area contributed by atoms with Gasteiger partial charge >= 0.3 is 0 Å². The summed E-state index contributed by atoms with van der Waals surface area (Å²) in [5.41, 5.74) is 3.15. The predicted molar refractivity (Wildman–Crippen MR) is 137 cm³/mol. The molecule has 168 valence electrons. The van der Waals surface area contributed by atoms with E-state index in [4.69, 9.17) is 4.98 Å². The largest absolute Gasteiger partial charge is 0.337 e. The van der Waals surface area contributed by atoms with E-state index in [1.165, 1.54) is 4.90 Å². The number of halogens is 1. The Morgan fingerprint density at radius 3 is 2.69 bits per heavy atom. The molecule has 1 amide bonds. The molecule has 0 unspecified atom stereocenters. The Hall–Kier alpha value is -2.35. The van der Waals surface area contributed by atoms with E-state index in [9.17, 15) is 4.79 Å². The Kier molecular flexibility index (Phi) is 8.73. The predicted octanol–water partition coefficient (Wildman–Crippen LogP) is 6.00. The number of anilines is 1. The summed E-state index contributed by atoms with van der Waals surface area (Å²) < 4.78 is 3.15. The zero-order valence-electron chi connectivity index (χ0n) is 18.2. The number of imidazole rings is 1. The van der Waals surface area contributed by atoms with Gasteiger partial charge in [-0.15, -0.1) is 24.2 Å². The lowest BCUT2D eigenvalue weighted by molar-refractivity contribution is -0.118. The number of para-hydroxylation sites is 1. The van der Waals surface area contributed by atoms with E-state index in [0.717, 1.165) is 45.2 Å². The quantitative estimate of drug-likeness (QED) is 0.272. The number of thioether (sulfide) groups is 1. The fourth-order valence-corrected chi connectivity index (χ4v) is 5.24. The number of amides is 1. The maximum absolute atomic E-state index is 13.3. The highest BCUT2D eigenvalue weighted by Gasteiger charge is 2.20. The second-order valence-electron chi connectivity index (χ2n) is 7.37. The van der Waals surface area contributed by atoms with Gasteiger partial charge in [0.2, 0.25) is 5.91 Å². The van der Waals surface area contributed by atoms with Gasteiger partial charge in [0.15, 0.2) is 5.13 Å². The SMILES string of the molecule is CCSc1ccc(CC(=O)N(CCCn2ccnc2)c2nc3c(C)cccc3s2)cc1.Cl. The van der Waals surface area contributed by atoms with Gasteiger partial charge in [-0.05, 0) is 48.4 Å². The van der Waals surface area contributed by atoms with Crippen molar-refractivity contribution in [2.75, 3.05) is 17.2 Å². The van der Waals surface area contributed by atoms with Gasteiger partial charge in [-0.25, -0.2) is 9.97 Å². The normalized spacial score (nSPS) is 10.8. The van der Waals surface area contributed by atoms with Crippen molar-refractivity contribution in [3.05, 3.63) is 72.3 Å². The zero-order chi connectivity index (χ0) is 21.6. The van der Waals surface area contributed by atoms with Crippen LogP contribution < -0.4 is 4.90 Å². The number of benzene rings is 2. The number of carbonyl (C=O) groups is 1. The number of rotatable bonds is 9. The van der Waals surface area contributed by atoms with E-state index in [1.807, 2.05) is 39.8 Å². The molecule has 0 saturated heterocycles. The number of hydrogen-bond acceptors (Lipinski definition) is 5. The van der Waals surface area contributed by atoms with Crippen LogP contribution in [-0.4, -0.2) is 32.7 Å². The monoisotopic (exact) mass is 486 g/mol. The summed E-state index contributed by atoms with van der Waals surface area (Å²) in [5, 5.41) is 0.776. The van der Waals surface area contributed by atoms with Gasteiger partial charge in [0, 0.05) is 30.4 Å². The van der Waals surface area contributed by atoms with E-state index in [-0.39, 0.29) is 18.3 Å². The number of thiazole rings is 1. The van der Waals surface area contributed by atoms with Crippen LogP contribution in [0.25, 0.3) is 10.2 Å². The molecule has 32 heavy (non-hydrogen) atoms. The first-order chi connectivity index (χ1) is 15.1. The van der Waals surface area contributed by atoms with Gasteiger partial charge in [0.1, 0.15) is 0 Å². The average molecular weight is 487 g/mol. The van der Waals surface area contributed by atoms with E-state index in [1.54, 1.807) is 17.5 Å². The Morgan fingerprint density at radius 2 is 2.00 bits per heavy atom. The molecule has 0 N–H and O–H groups in total. The number of aromatic nitrogens is 3. The van der Waals surface area contributed by atoms with E-state index < -0.39 is 0 Å². The van der Waals surface area contributed by atoms with Crippen LogP contribution in [0.1, 0.15) is 24.5 Å². The fourth-order valence-electron chi connectivity index (χ4n) is 3.49. The van der Waals surface area contributed by atoms with Gasteiger partial charge in [-0.3, -0.25) is 9.69 Å². The maximum Gasteiger partial charge on any atom is 0.233 e. The van der Waals surface area contributed by atoms with Crippen molar-refractivity contribution in [2.24, 2.45) is 0 Å². The average Bonchev–Trinajstić information content (AvgIpc) is 3.43. The summed E-state index contributed by atoms with van der Waals surface area (Å²) in [4.78, 5) is 25.4. The number of hydrogen-bond donors (Lipinski definition) is 0. The molecule has 4 aromatic rings. The lowest BCUT2D eigenvalue weighted by Crippen LogP contribution is -2.33. The Labute approximate surface area is 203 Å². The van der Waals surface area contributed by atoms with Crippen molar-refractivity contribution >= 4 is 56.8 Å². The molecule has 0 atom stereocenters. The van der Waals surface area contributed by atoms with Crippen LogP contribution in [0.15, 0.2) is 66.1 Å². The van der Waals surface area contributed by atoms with Crippen molar-refractivity contribution < 1.29 is 4.79 Å². The van der Waals surface area contributed by atoms with E-state index >= 15 is 0 Å². The van der Waals surface area contributed by atoms with Crippen LogP contribution in [0, 0.1) is 6.92 Å². The summed E-state index contributed by atoms with van der Waals surface area (Å²) in [5.74, 6) is 1.12. The molecule has 0 aliphatic heterocycles. The standard InChI is InChI=1S/C24H26N4OS2.ClH/c1-3-30-20-10-8-19(9-11-20)16-22(29)28(14-5-13-27-15-12-25-17-27)24-26-23-18(2)6-4-7-21(23)31-24;/h4,6-12,15,17H,3,5,13-14,16H2,1-2H3;1H. The second-order valence-corrected chi connectivity index (χ2v) is 9.72. The molecule has 5 nitrogen and oxygen atoms in total. The minimum absolute atomic E-state index is 0. The third kappa shape index (κ3) is 5.91. The minimum atomic E-state index is 0. The molecule has 0 spiro atoms. The van der Waals surface area contributed by atoms with Gasteiger partial charge < -0.3 is 4.57 Å². The molecule has 0 fully saturated rings. The van der Waals surface area contributed by atoms with Crippen LogP contribution in [-0.2, 0) is 17.8 Å². The molecule has 2 aromatic heterocycles. The van der Waals surface area contributed by atoms with Crippen LogP contribution in [0.4, 0.5) is 5.13 Å². The lowest BCUT2D eigenvalue weighted by atomic mass is 10.1. The van der Waals surface area contributed by atoms with E-state index in [2.05, 4.69) is 55.2 Å². The van der Waals surface area contributed by atoms with Gasteiger partial charge in [-0.1, -0.05) is 42.5 Å². The highest BCUT2D eigenvalue weighted by atomic mass is 35.5. The third-order valence-corrected chi connectivity index (χ3v) is 7.03. The van der Waals surface area contributed by atoms with Gasteiger partial charge in [0.25, 0.3) is 0 Å². The van der Waals surface area contributed by atoms with Crippen molar-refractivity contribution in [1.29, 1.82) is 0 Å². The summed E-state index contributed by atoms with van der Waals surface area (Å²) >= 11 is 3.40. The zero-order valence-corrected chi connectivity index (χ0v) is 20.7. The summed E-state index contributed by atoms with van der Waals surface area (Å²) in [7, 11) is 0. The fraction of sp³-hybridized carbons (Fsp3) is 0.292. The highest BCUT2D eigenvalue weighted by Crippen LogP contribution is 2.31. The first-order valence-corrected chi connectivity index (χ1v) is 12.3. The smallest absolute Gasteiger partial charge is 0.233 e. The van der Waals surface area contributed by atoms with Crippen molar-refractivity contribution in [3.8, 4) is 0 Å². The van der Waals surface area contributed by atoms with Crippen LogP contribution >= 0.6 is 35.5 Å². The van der Waals surface area contributed by atoms with Crippen molar-refractivity contribution in [3.63, 3.8) is 0 Å².